The second kappa shape index (κ2) is 5.01. The van der Waals surface area contributed by atoms with Crippen LogP contribution in [0.1, 0.15) is 0 Å². The SMILES string of the molecule is Nc1c(S(=O)(=O)O)cc(O)c2cc(-c3ccccc3)ccc12. The van der Waals surface area contributed by atoms with Crippen LogP contribution < -0.4 is 5.73 Å². The highest BCUT2D eigenvalue weighted by Crippen LogP contribution is 2.37. The third kappa shape index (κ3) is 2.38. The van der Waals surface area contributed by atoms with Crippen molar-refractivity contribution in [2.75, 3.05) is 5.73 Å². The van der Waals surface area contributed by atoms with E-state index >= 15 is 0 Å². The van der Waals surface area contributed by atoms with Gasteiger partial charge < -0.3 is 10.8 Å². The highest BCUT2D eigenvalue weighted by atomic mass is 32.2. The molecule has 0 aliphatic carbocycles. The summed E-state index contributed by atoms with van der Waals surface area (Å²) in [5.74, 6) is -0.255. The van der Waals surface area contributed by atoms with E-state index in [2.05, 4.69) is 0 Å². The number of anilines is 1. The quantitative estimate of drug-likeness (QED) is 0.383. The zero-order chi connectivity index (χ0) is 15.9. The molecule has 0 atom stereocenters. The molecule has 0 saturated heterocycles. The highest BCUT2D eigenvalue weighted by molar-refractivity contribution is 7.86. The number of phenols is 1. The van der Waals surface area contributed by atoms with Crippen molar-refractivity contribution in [2.45, 2.75) is 4.90 Å². The van der Waals surface area contributed by atoms with Gasteiger partial charge in [-0.05, 0) is 17.2 Å². The molecule has 0 heterocycles. The van der Waals surface area contributed by atoms with E-state index in [0.29, 0.717) is 10.8 Å². The van der Waals surface area contributed by atoms with Crippen molar-refractivity contribution in [2.24, 2.45) is 0 Å². The van der Waals surface area contributed by atoms with Gasteiger partial charge in [0.05, 0.1) is 5.69 Å². The largest absolute Gasteiger partial charge is 0.507 e. The summed E-state index contributed by atoms with van der Waals surface area (Å²) in [6.45, 7) is 0. The van der Waals surface area contributed by atoms with E-state index in [9.17, 15) is 13.5 Å². The molecular formula is C16H13NO4S. The van der Waals surface area contributed by atoms with Gasteiger partial charge in [-0.3, -0.25) is 4.55 Å². The monoisotopic (exact) mass is 315 g/mol. The van der Waals surface area contributed by atoms with E-state index in [1.807, 2.05) is 30.3 Å². The average Bonchev–Trinajstić information content (AvgIpc) is 2.50. The van der Waals surface area contributed by atoms with Crippen LogP contribution in [0.2, 0.25) is 0 Å². The Labute approximate surface area is 127 Å². The molecule has 3 rings (SSSR count). The second-order valence-corrected chi connectivity index (χ2v) is 6.30. The molecule has 6 heteroatoms. The molecule has 4 N–H and O–H groups in total. The number of aromatic hydroxyl groups is 1. The number of rotatable bonds is 2. The van der Waals surface area contributed by atoms with Crippen LogP contribution in [0.4, 0.5) is 5.69 Å². The Morgan fingerprint density at radius 1 is 0.864 bits per heavy atom. The molecule has 0 aliphatic rings. The third-order valence-electron chi connectivity index (χ3n) is 3.50. The molecule has 0 unspecified atom stereocenters. The van der Waals surface area contributed by atoms with Crippen molar-refractivity contribution in [3.8, 4) is 16.9 Å². The topological polar surface area (TPSA) is 101 Å². The normalized spacial score (nSPS) is 11.7. The summed E-state index contributed by atoms with van der Waals surface area (Å²) in [4.78, 5) is -0.495. The first-order valence-electron chi connectivity index (χ1n) is 6.46. The molecule has 0 saturated carbocycles. The van der Waals surface area contributed by atoms with Crippen LogP contribution in [-0.4, -0.2) is 18.1 Å². The molecule has 0 aliphatic heterocycles. The summed E-state index contributed by atoms with van der Waals surface area (Å²) in [6.07, 6.45) is 0. The molecule has 0 spiro atoms. The average molecular weight is 315 g/mol. The first kappa shape index (κ1) is 14.4. The van der Waals surface area contributed by atoms with Gasteiger partial charge in [-0.2, -0.15) is 8.42 Å². The Hall–Kier alpha value is -2.57. The molecule has 0 bridgehead atoms. The van der Waals surface area contributed by atoms with Crippen LogP contribution in [-0.2, 0) is 10.1 Å². The maximum absolute atomic E-state index is 11.3. The number of nitrogens with two attached hydrogens (primary N) is 1. The molecule has 3 aromatic rings. The zero-order valence-corrected chi connectivity index (χ0v) is 12.2. The van der Waals surface area contributed by atoms with Crippen LogP contribution in [0, 0.1) is 0 Å². The summed E-state index contributed by atoms with van der Waals surface area (Å²) in [5, 5.41) is 10.9. The number of benzene rings is 3. The van der Waals surface area contributed by atoms with Gasteiger partial charge in [0.2, 0.25) is 0 Å². The Morgan fingerprint density at radius 2 is 1.55 bits per heavy atom. The van der Waals surface area contributed by atoms with Gasteiger partial charge in [0, 0.05) is 16.8 Å². The van der Waals surface area contributed by atoms with E-state index in [-0.39, 0.29) is 11.4 Å². The lowest BCUT2D eigenvalue weighted by molar-refractivity contribution is 0.471. The molecule has 0 fully saturated rings. The van der Waals surface area contributed by atoms with Gasteiger partial charge in [-0.1, -0.05) is 42.5 Å². The molecule has 22 heavy (non-hydrogen) atoms. The Balaban J connectivity index is 2.30. The minimum absolute atomic E-state index is 0.0880. The third-order valence-corrected chi connectivity index (χ3v) is 4.40. The van der Waals surface area contributed by atoms with Crippen LogP contribution >= 0.6 is 0 Å². The zero-order valence-electron chi connectivity index (χ0n) is 11.4. The van der Waals surface area contributed by atoms with Crippen LogP contribution in [0.3, 0.4) is 0 Å². The predicted molar refractivity (Wildman–Crippen MR) is 85.3 cm³/mol. The number of hydrogen-bond acceptors (Lipinski definition) is 4. The van der Waals surface area contributed by atoms with Gasteiger partial charge in [0.1, 0.15) is 10.6 Å². The lowest BCUT2D eigenvalue weighted by Crippen LogP contribution is -2.03. The van der Waals surface area contributed by atoms with Crippen molar-refractivity contribution >= 4 is 26.6 Å². The van der Waals surface area contributed by atoms with Gasteiger partial charge in [-0.15, -0.1) is 0 Å². The molecule has 3 aromatic carbocycles. The van der Waals surface area contributed by atoms with Gasteiger partial charge >= 0.3 is 0 Å². The second-order valence-electron chi connectivity index (χ2n) is 4.91. The molecular weight excluding hydrogens is 302 g/mol. The minimum atomic E-state index is -4.49. The number of phenolic OH excluding ortho intramolecular Hbond substituents is 1. The summed E-state index contributed by atoms with van der Waals surface area (Å²) in [6, 6.07) is 15.6. The molecule has 112 valence electrons. The van der Waals surface area contributed by atoms with Crippen LogP contribution in [0.5, 0.6) is 5.75 Å². The van der Waals surface area contributed by atoms with E-state index in [1.54, 1.807) is 18.2 Å². The Morgan fingerprint density at radius 3 is 2.18 bits per heavy atom. The van der Waals surface area contributed by atoms with Crippen LogP contribution in [0.15, 0.2) is 59.5 Å². The number of hydrogen-bond donors (Lipinski definition) is 3. The van der Waals surface area contributed by atoms with E-state index < -0.39 is 15.0 Å². The lowest BCUT2D eigenvalue weighted by atomic mass is 10.00. The highest BCUT2D eigenvalue weighted by Gasteiger charge is 2.19. The fraction of sp³-hybridized carbons (Fsp3) is 0. The smallest absolute Gasteiger partial charge is 0.296 e. The van der Waals surface area contributed by atoms with Crippen molar-refractivity contribution in [1.82, 2.24) is 0 Å². The number of fused-ring (bicyclic) bond motifs is 1. The Bertz CT molecular complexity index is 966. The molecule has 0 radical (unpaired) electrons. The van der Waals surface area contributed by atoms with Crippen molar-refractivity contribution < 1.29 is 18.1 Å². The lowest BCUT2D eigenvalue weighted by Gasteiger charge is -2.11. The molecule has 0 aromatic heterocycles. The fourth-order valence-electron chi connectivity index (χ4n) is 2.43. The van der Waals surface area contributed by atoms with Crippen molar-refractivity contribution in [3.05, 3.63) is 54.6 Å². The molecule has 5 nitrogen and oxygen atoms in total. The van der Waals surface area contributed by atoms with E-state index in [0.717, 1.165) is 17.2 Å². The predicted octanol–water partition coefficient (Wildman–Crippen LogP) is 3.04. The summed E-state index contributed by atoms with van der Waals surface area (Å²) >= 11 is 0. The van der Waals surface area contributed by atoms with Gasteiger partial charge in [0.15, 0.2) is 0 Å². The minimum Gasteiger partial charge on any atom is -0.507 e. The summed E-state index contributed by atoms with van der Waals surface area (Å²) in [5.41, 5.74) is 7.55. The van der Waals surface area contributed by atoms with Gasteiger partial charge in [-0.25, -0.2) is 0 Å². The van der Waals surface area contributed by atoms with Gasteiger partial charge in [0.25, 0.3) is 10.1 Å². The fourth-order valence-corrected chi connectivity index (χ4v) is 3.08. The maximum Gasteiger partial charge on any atom is 0.296 e. The molecule has 0 amide bonds. The van der Waals surface area contributed by atoms with Crippen LogP contribution in [0.25, 0.3) is 21.9 Å². The van der Waals surface area contributed by atoms with E-state index in [4.69, 9.17) is 10.3 Å². The first-order chi connectivity index (χ1) is 10.4. The first-order valence-corrected chi connectivity index (χ1v) is 7.90. The summed E-state index contributed by atoms with van der Waals surface area (Å²) in [7, 11) is -4.49. The summed E-state index contributed by atoms with van der Waals surface area (Å²) < 4.78 is 31.8. The van der Waals surface area contributed by atoms with Crippen molar-refractivity contribution in [3.63, 3.8) is 0 Å². The number of nitrogen functional groups attached to an aromatic ring is 1. The Kier molecular flexibility index (Phi) is 3.27. The maximum atomic E-state index is 11.3. The van der Waals surface area contributed by atoms with E-state index in [1.165, 1.54) is 0 Å². The van der Waals surface area contributed by atoms with Crippen molar-refractivity contribution in [1.29, 1.82) is 0 Å². The standard InChI is InChI=1S/C16H13NO4S/c17-16-12-7-6-11(10-4-2-1-3-5-10)8-13(12)14(18)9-15(16)22(19,20)21/h1-9,18H,17H2,(H,19,20,21).